The van der Waals surface area contributed by atoms with Gasteiger partial charge >= 0.3 is 18.3 Å². The number of hydrogen-bond donors (Lipinski definition) is 1. The van der Waals surface area contributed by atoms with Crippen molar-refractivity contribution in [2.75, 3.05) is 13.1 Å². The van der Waals surface area contributed by atoms with Crippen molar-refractivity contribution in [2.45, 2.75) is 31.7 Å². The van der Waals surface area contributed by atoms with Crippen LogP contribution in [-0.4, -0.2) is 29.1 Å². The Balaban J connectivity index is 1.63. The zero-order valence-corrected chi connectivity index (χ0v) is 15.7. The number of aliphatic carboxylic acids is 1. The molecule has 0 aliphatic carbocycles. The lowest BCUT2D eigenvalue weighted by atomic mass is 9.97. The second kappa shape index (κ2) is 8.29. The van der Waals surface area contributed by atoms with Crippen LogP contribution in [-0.2, 0) is 36.5 Å². The number of likely N-dealkylation sites (tertiary alicyclic amines) is 1. The van der Waals surface area contributed by atoms with Crippen LogP contribution >= 0.6 is 0 Å². The van der Waals surface area contributed by atoms with Gasteiger partial charge in [-0.1, -0.05) is 24.3 Å². The molecule has 1 fully saturated rings. The molecule has 30 heavy (non-hydrogen) atoms. The third-order valence-corrected chi connectivity index (χ3v) is 5.09. The van der Waals surface area contributed by atoms with Crippen LogP contribution in [0.1, 0.15) is 27.8 Å². The average molecular weight is 431 g/mol. The van der Waals surface area contributed by atoms with Gasteiger partial charge in [0.25, 0.3) is 0 Å². The molecule has 0 unspecified atom stereocenters. The van der Waals surface area contributed by atoms with Crippen LogP contribution in [0, 0.1) is 5.92 Å². The van der Waals surface area contributed by atoms with E-state index < -0.39 is 29.4 Å². The molecule has 0 spiro atoms. The summed E-state index contributed by atoms with van der Waals surface area (Å²) in [6.45, 7) is 1.55. The summed E-state index contributed by atoms with van der Waals surface area (Å²) >= 11 is 0. The number of benzene rings is 2. The van der Waals surface area contributed by atoms with Crippen molar-refractivity contribution in [1.29, 1.82) is 0 Å². The Morgan fingerprint density at radius 2 is 1.30 bits per heavy atom. The quantitative estimate of drug-likeness (QED) is 0.653. The fraction of sp³-hybridized carbons (Fsp3) is 0.381. The maximum Gasteiger partial charge on any atom is 0.416 e. The first-order chi connectivity index (χ1) is 13.9. The summed E-state index contributed by atoms with van der Waals surface area (Å²) in [5.74, 6) is -1.16. The minimum atomic E-state index is -4.85. The number of rotatable bonds is 6. The Morgan fingerprint density at radius 1 is 0.833 bits per heavy atom. The predicted molar refractivity (Wildman–Crippen MR) is 96.7 cm³/mol. The summed E-state index contributed by atoms with van der Waals surface area (Å²) in [4.78, 5) is 12.8. The Labute approximate surface area is 168 Å². The van der Waals surface area contributed by atoms with Gasteiger partial charge < -0.3 is 5.11 Å². The lowest BCUT2D eigenvalue weighted by Crippen LogP contribution is -2.49. The van der Waals surface area contributed by atoms with E-state index >= 15 is 0 Å². The van der Waals surface area contributed by atoms with E-state index in [2.05, 4.69) is 0 Å². The van der Waals surface area contributed by atoms with Gasteiger partial charge in [-0.2, -0.15) is 26.3 Å². The van der Waals surface area contributed by atoms with Crippen LogP contribution in [0.25, 0.3) is 0 Å². The van der Waals surface area contributed by atoms with Crippen molar-refractivity contribution >= 4 is 5.97 Å². The van der Waals surface area contributed by atoms with E-state index in [1.54, 1.807) is 12.1 Å². The zero-order chi connectivity index (χ0) is 22.1. The summed E-state index contributed by atoms with van der Waals surface area (Å²) in [5.41, 5.74) is -0.895. The molecule has 2 aromatic carbocycles. The van der Waals surface area contributed by atoms with E-state index in [1.807, 2.05) is 17.0 Å². The van der Waals surface area contributed by atoms with Crippen molar-refractivity contribution in [2.24, 2.45) is 5.92 Å². The number of alkyl halides is 6. The molecule has 0 aromatic heterocycles. The highest BCUT2D eigenvalue weighted by molar-refractivity contribution is 5.71. The fourth-order valence-corrected chi connectivity index (χ4v) is 3.38. The molecular formula is C21H19F6NO2. The molecule has 1 saturated heterocycles. The van der Waals surface area contributed by atoms with Crippen LogP contribution in [0.15, 0.2) is 42.5 Å². The molecule has 0 saturated carbocycles. The molecule has 0 amide bonds. The topological polar surface area (TPSA) is 40.5 Å². The third kappa shape index (κ3) is 5.53. The Kier molecular flexibility index (Phi) is 6.12. The van der Waals surface area contributed by atoms with Gasteiger partial charge in [0.1, 0.15) is 0 Å². The summed E-state index contributed by atoms with van der Waals surface area (Å²) in [5, 5.41) is 8.88. The highest BCUT2D eigenvalue weighted by atomic mass is 19.4. The first kappa shape index (κ1) is 22.1. The zero-order valence-electron chi connectivity index (χ0n) is 15.7. The number of carbonyl (C=O) groups is 1. The van der Waals surface area contributed by atoms with Crippen molar-refractivity contribution in [3.05, 3.63) is 70.3 Å². The maximum atomic E-state index is 12.9. The van der Waals surface area contributed by atoms with Crippen molar-refractivity contribution < 1.29 is 36.2 Å². The van der Waals surface area contributed by atoms with E-state index in [0.29, 0.717) is 26.1 Å². The molecule has 9 heteroatoms. The standard InChI is InChI=1S/C21H19F6NO2/c22-20(23,24)17-7-15(8-18(9-17)21(25,26)27)6-3-13-1-4-14(5-2-13)10-28-11-16(12-28)19(29)30/h1-2,4-5,7-9,16H,3,6,10-12H2,(H,29,30). The van der Waals surface area contributed by atoms with Crippen LogP contribution in [0.4, 0.5) is 26.3 Å². The number of carboxylic acids is 1. The molecule has 0 atom stereocenters. The van der Waals surface area contributed by atoms with Crippen LogP contribution in [0.3, 0.4) is 0 Å². The van der Waals surface area contributed by atoms with Gasteiger partial charge in [-0.15, -0.1) is 0 Å². The SMILES string of the molecule is O=C(O)C1CN(Cc2ccc(CCc3cc(C(F)(F)F)cc(C(F)(F)F)c3)cc2)C1. The number of carboxylic acid groups (broad SMARTS) is 1. The van der Waals surface area contributed by atoms with E-state index in [9.17, 15) is 31.1 Å². The smallest absolute Gasteiger partial charge is 0.416 e. The Bertz CT molecular complexity index is 867. The van der Waals surface area contributed by atoms with Crippen LogP contribution in [0.5, 0.6) is 0 Å². The van der Waals surface area contributed by atoms with Crippen molar-refractivity contribution in [1.82, 2.24) is 4.90 Å². The minimum Gasteiger partial charge on any atom is -0.481 e. The van der Waals surface area contributed by atoms with Gasteiger partial charge in [0.15, 0.2) is 0 Å². The lowest BCUT2D eigenvalue weighted by Gasteiger charge is -2.36. The highest BCUT2D eigenvalue weighted by Gasteiger charge is 2.36. The van der Waals surface area contributed by atoms with Gasteiger partial charge in [-0.25, -0.2) is 0 Å². The second-order valence-corrected chi connectivity index (χ2v) is 7.46. The first-order valence-electron chi connectivity index (χ1n) is 9.23. The van der Waals surface area contributed by atoms with Gasteiger partial charge in [-0.3, -0.25) is 9.69 Å². The molecule has 3 rings (SSSR count). The molecular weight excluding hydrogens is 412 g/mol. The van der Waals surface area contributed by atoms with E-state index in [4.69, 9.17) is 5.11 Å². The average Bonchev–Trinajstić information content (AvgIpc) is 2.61. The Hall–Kier alpha value is -2.55. The third-order valence-electron chi connectivity index (χ3n) is 5.09. The molecule has 1 aliphatic heterocycles. The molecule has 0 radical (unpaired) electrons. The van der Waals surface area contributed by atoms with Crippen molar-refractivity contribution in [3.63, 3.8) is 0 Å². The molecule has 1 N–H and O–H groups in total. The van der Waals surface area contributed by atoms with Gasteiger partial charge in [0.05, 0.1) is 17.0 Å². The number of aryl methyl sites for hydroxylation is 2. The molecule has 1 aliphatic rings. The van der Waals surface area contributed by atoms with Gasteiger partial charge in [0.2, 0.25) is 0 Å². The molecule has 1 heterocycles. The number of nitrogens with zero attached hydrogens (tertiary/aromatic N) is 1. The summed E-state index contributed by atoms with van der Waals surface area (Å²) in [6, 6.07) is 8.86. The number of halogens is 6. The molecule has 162 valence electrons. The summed E-state index contributed by atoms with van der Waals surface area (Å²) < 4.78 is 77.7. The number of hydrogen-bond acceptors (Lipinski definition) is 2. The van der Waals surface area contributed by atoms with E-state index in [0.717, 1.165) is 23.3 Å². The second-order valence-electron chi connectivity index (χ2n) is 7.46. The van der Waals surface area contributed by atoms with Crippen molar-refractivity contribution in [3.8, 4) is 0 Å². The van der Waals surface area contributed by atoms with Crippen LogP contribution in [0.2, 0.25) is 0 Å². The largest absolute Gasteiger partial charge is 0.481 e. The minimum absolute atomic E-state index is 0.0264. The van der Waals surface area contributed by atoms with Crippen LogP contribution < -0.4 is 0 Å². The highest BCUT2D eigenvalue weighted by Crippen LogP contribution is 2.36. The summed E-state index contributed by atoms with van der Waals surface area (Å²) in [7, 11) is 0. The van der Waals surface area contributed by atoms with Gasteiger partial charge in [0, 0.05) is 19.6 Å². The Morgan fingerprint density at radius 3 is 1.77 bits per heavy atom. The lowest BCUT2D eigenvalue weighted by molar-refractivity contribution is -0.148. The van der Waals surface area contributed by atoms with Gasteiger partial charge in [-0.05, 0) is 47.7 Å². The normalized spacial score (nSPS) is 15.8. The predicted octanol–water partition coefficient (Wildman–Crippen LogP) is 5.03. The van der Waals surface area contributed by atoms with E-state index in [-0.39, 0.29) is 24.0 Å². The van der Waals surface area contributed by atoms with E-state index in [1.165, 1.54) is 0 Å². The monoisotopic (exact) mass is 431 g/mol. The summed E-state index contributed by atoms with van der Waals surface area (Å²) in [6.07, 6.45) is -9.37. The fourth-order valence-electron chi connectivity index (χ4n) is 3.38. The molecule has 3 nitrogen and oxygen atoms in total. The molecule has 0 bridgehead atoms. The maximum absolute atomic E-state index is 12.9. The molecule has 2 aromatic rings. The first-order valence-corrected chi connectivity index (χ1v) is 9.23.